The van der Waals surface area contributed by atoms with E-state index < -0.39 is 10.1 Å². The fourth-order valence-electron chi connectivity index (χ4n) is 3.78. The van der Waals surface area contributed by atoms with Crippen LogP contribution in [0.2, 0.25) is 0 Å². The van der Waals surface area contributed by atoms with Gasteiger partial charge in [-0.3, -0.25) is 0 Å². The average Bonchev–Trinajstić information content (AvgIpc) is 2.85. The molecule has 0 amide bonds. The van der Waals surface area contributed by atoms with Gasteiger partial charge in [0.05, 0.1) is 16.3 Å². The van der Waals surface area contributed by atoms with E-state index in [2.05, 4.69) is 121 Å². The highest BCUT2D eigenvalue weighted by molar-refractivity contribution is 7.84. The summed E-state index contributed by atoms with van der Waals surface area (Å²) in [5.41, 5.74) is 3.45. The van der Waals surface area contributed by atoms with Crippen molar-refractivity contribution >= 4 is 37.2 Å². The van der Waals surface area contributed by atoms with Gasteiger partial charge in [-0.1, -0.05) is 121 Å². The Labute approximate surface area is 206 Å². The van der Waals surface area contributed by atoms with Crippen molar-refractivity contribution in [2.24, 2.45) is 0 Å². The van der Waals surface area contributed by atoms with E-state index in [9.17, 15) is 0 Å². The van der Waals surface area contributed by atoms with E-state index in [0.717, 1.165) is 0 Å². The normalized spacial score (nSPS) is 11.5. The van der Waals surface area contributed by atoms with Crippen molar-refractivity contribution in [1.29, 1.82) is 0 Å². The standard InChI is InChI=1S/C27H26P2.CH4O3S/c1-5-13-23(14-6-1)27(24-15-7-2-8-16-24)28-21-22-29(25-17-9-3-10-18-25)26-19-11-4-12-20-26;1-5(2,3)4/h1-20,27-28H,21-22H2;1H3,(H,2,3,4). The zero-order chi connectivity index (χ0) is 24.2. The van der Waals surface area contributed by atoms with Gasteiger partial charge in [-0.15, -0.1) is 0 Å². The van der Waals surface area contributed by atoms with Gasteiger partial charge in [0, 0.05) is 12.4 Å². The van der Waals surface area contributed by atoms with Gasteiger partial charge in [0.1, 0.15) is 5.66 Å². The number of benzene rings is 4. The van der Waals surface area contributed by atoms with Crippen molar-refractivity contribution in [2.45, 2.75) is 5.66 Å². The third kappa shape index (κ3) is 9.12. The highest BCUT2D eigenvalue weighted by Crippen LogP contribution is 2.43. The quantitative estimate of drug-likeness (QED) is 0.234. The van der Waals surface area contributed by atoms with Gasteiger partial charge in [0.15, 0.2) is 0 Å². The Balaban J connectivity index is 0.000000588. The van der Waals surface area contributed by atoms with Crippen LogP contribution in [0.15, 0.2) is 121 Å². The maximum absolute atomic E-state index is 9.08. The van der Waals surface area contributed by atoms with Gasteiger partial charge in [-0.2, -0.15) is 0 Å². The van der Waals surface area contributed by atoms with E-state index in [1.807, 2.05) is 0 Å². The summed E-state index contributed by atoms with van der Waals surface area (Å²) in [4.78, 5) is 0. The van der Waals surface area contributed by atoms with Crippen molar-refractivity contribution in [1.82, 2.24) is 0 Å². The van der Waals surface area contributed by atoms with Gasteiger partial charge >= 0.3 is 0 Å². The molecule has 1 unspecified atom stereocenters. The Hall–Kier alpha value is -2.35. The molecule has 0 heterocycles. The molecule has 0 aliphatic carbocycles. The monoisotopic (exact) mass is 508 g/mol. The van der Waals surface area contributed by atoms with Crippen LogP contribution in [0.5, 0.6) is 0 Å². The Bertz CT molecular complexity index is 1030. The van der Waals surface area contributed by atoms with Gasteiger partial charge in [0.2, 0.25) is 0 Å². The lowest BCUT2D eigenvalue weighted by molar-refractivity contribution is 0.470. The maximum Gasteiger partial charge on any atom is 0.115 e. The van der Waals surface area contributed by atoms with E-state index >= 15 is 0 Å². The third-order valence-electron chi connectivity index (χ3n) is 5.21. The van der Waals surface area contributed by atoms with Crippen LogP contribution in [0, 0.1) is 0 Å². The summed E-state index contributed by atoms with van der Waals surface area (Å²) in [6, 6.07) is 44.3. The highest BCUT2D eigenvalue weighted by atomic mass is 32.2. The van der Waals surface area contributed by atoms with Crippen molar-refractivity contribution in [3.05, 3.63) is 132 Å². The lowest BCUT2D eigenvalue weighted by atomic mass is 10.0. The first-order chi connectivity index (χ1) is 16.4. The van der Waals surface area contributed by atoms with Gasteiger partial charge < -0.3 is 4.55 Å². The van der Waals surface area contributed by atoms with E-state index in [1.54, 1.807) is 0 Å². The molecule has 0 aromatic heterocycles. The Morgan fingerprint density at radius 3 is 1.35 bits per heavy atom. The van der Waals surface area contributed by atoms with Gasteiger partial charge in [0.25, 0.3) is 0 Å². The second kappa shape index (κ2) is 13.5. The Kier molecular flexibility index (Phi) is 10.4. The Morgan fingerprint density at radius 2 is 1.00 bits per heavy atom. The minimum Gasteiger partial charge on any atom is -0.748 e. The summed E-state index contributed by atoms with van der Waals surface area (Å²) < 4.78 is 27.2. The minimum atomic E-state index is -3.92. The second-order valence-electron chi connectivity index (χ2n) is 7.85. The zero-order valence-corrected chi connectivity index (χ0v) is 22.1. The van der Waals surface area contributed by atoms with E-state index in [1.165, 1.54) is 34.1 Å². The van der Waals surface area contributed by atoms with E-state index in [0.29, 0.717) is 11.9 Å². The summed E-state index contributed by atoms with van der Waals surface area (Å²) in [6.07, 6.45) is 3.16. The topological polar surface area (TPSA) is 57.2 Å². The van der Waals surface area contributed by atoms with Crippen LogP contribution >= 0.6 is 16.5 Å². The van der Waals surface area contributed by atoms with Crippen LogP contribution in [0.1, 0.15) is 16.8 Å². The molecular weight excluding hydrogens is 478 g/mol. The molecule has 176 valence electrons. The second-order valence-corrected chi connectivity index (χ2v) is 13.3. The average molecular weight is 509 g/mol. The van der Waals surface area contributed by atoms with Crippen LogP contribution in [0.3, 0.4) is 0 Å². The molecule has 3 nitrogen and oxygen atoms in total. The van der Waals surface area contributed by atoms with Crippen LogP contribution in [-0.2, 0) is 10.1 Å². The molecule has 0 fully saturated rings. The molecule has 0 aliphatic heterocycles. The predicted octanol–water partition coefficient (Wildman–Crippen LogP) is 5.48. The molecule has 0 radical (unpaired) electrons. The molecule has 0 saturated carbocycles. The van der Waals surface area contributed by atoms with Crippen LogP contribution < -0.4 is 10.6 Å². The molecule has 0 bridgehead atoms. The molecule has 0 spiro atoms. The molecule has 1 atom stereocenters. The molecule has 4 rings (SSSR count). The summed E-state index contributed by atoms with van der Waals surface area (Å²) >= 11 is 0. The van der Waals surface area contributed by atoms with Crippen LogP contribution in [0.25, 0.3) is 0 Å². The number of hydrogen-bond acceptors (Lipinski definition) is 3. The fourth-order valence-corrected chi connectivity index (χ4v) is 8.61. The number of hydrogen-bond donors (Lipinski definition) is 0. The number of rotatable bonds is 8. The molecule has 4 aromatic rings. The zero-order valence-electron chi connectivity index (χ0n) is 19.2. The molecule has 0 saturated heterocycles. The maximum atomic E-state index is 9.08. The van der Waals surface area contributed by atoms with Gasteiger partial charge in [-0.25, -0.2) is 8.42 Å². The first-order valence-electron chi connectivity index (χ1n) is 11.1. The van der Waals surface area contributed by atoms with E-state index in [4.69, 9.17) is 13.0 Å². The lowest BCUT2D eigenvalue weighted by Gasteiger charge is -2.19. The summed E-state index contributed by atoms with van der Waals surface area (Å²) in [5, 5.41) is 2.98. The first-order valence-corrected chi connectivity index (χ1v) is 16.0. The lowest BCUT2D eigenvalue weighted by Crippen LogP contribution is -2.14. The minimum absolute atomic E-state index is 0.285. The predicted molar refractivity (Wildman–Crippen MR) is 149 cm³/mol. The van der Waals surface area contributed by atoms with E-state index in [-0.39, 0.29) is 16.5 Å². The largest absolute Gasteiger partial charge is 0.748 e. The fraction of sp³-hybridized carbons (Fsp3) is 0.143. The van der Waals surface area contributed by atoms with Crippen molar-refractivity contribution < 1.29 is 13.0 Å². The summed E-state index contributed by atoms with van der Waals surface area (Å²) in [7, 11) is -3.93. The highest BCUT2D eigenvalue weighted by Gasteiger charge is 2.21. The smallest absolute Gasteiger partial charge is 0.115 e. The molecule has 4 aromatic carbocycles. The molecule has 6 heteroatoms. The molecule has 0 N–H and O–H groups in total. The van der Waals surface area contributed by atoms with Crippen LogP contribution in [0.4, 0.5) is 0 Å². The summed E-state index contributed by atoms with van der Waals surface area (Å²) in [5.74, 6) is 0. The third-order valence-corrected chi connectivity index (χ3v) is 10.1. The SMILES string of the molecule is CS(=O)(=O)[O-].c1ccc(C([PH2+]CCP(c2ccccc2)c2ccccc2)c2ccccc2)cc1. The van der Waals surface area contributed by atoms with Crippen LogP contribution in [-0.4, -0.2) is 31.6 Å². The van der Waals surface area contributed by atoms with Gasteiger partial charge in [-0.05, 0) is 38.2 Å². The van der Waals surface area contributed by atoms with Crippen molar-refractivity contribution in [3.63, 3.8) is 0 Å². The summed E-state index contributed by atoms with van der Waals surface area (Å²) in [6.45, 7) is 0. The first kappa shape index (κ1) is 26.3. The Morgan fingerprint density at radius 1 is 0.676 bits per heavy atom. The molecule has 0 aliphatic rings. The molecule has 34 heavy (non-hydrogen) atoms. The van der Waals surface area contributed by atoms with Crippen molar-refractivity contribution in [2.75, 3.05) is 18.6 Å². The molecular formula is C28H30O3P2S. The van der Waals surface area contributed by atoms with Crippen molar-refractivity contribution in [3.8, 4) is 0 Å².